The SMILES string of the molecule is CCN(CCNc1cc(OC(F)F)c(F)cc1N)C1CC1. The highest BCUT2D eigenvalue weighted by Crippen LogP contribution is 2.29. The molecule has 0 bridgehead atoms. The Morgan fingerprint density at radius 3 is 2.71 bits per heavy atom. The minimum atomic E-state index is -3.07. The summed E-state index contributed by atoms with van der Waals surface area (Å²) in [5, 5.41) is 3.04. The van der Waals surface area contributed by atoms with E-state index in [1.54, 1.807) is 0 Å². The van der Waals surface area contributed by atoms with E-state index in [2.05, 4.69) is 21.9 Å². The summed E-state index contributed by atoms with van der Waals surface area (Å²) in [6.45, 7) is 1.42. The molecule has 0 atom stereocenters. The van der Waals surface area contributed by atoms with Crippen LogP contribution < -0.4 is 15.8 Å². The molecule has 1 saturated carbocycles. The number of nitrogens with one attached hydrogen (secondary N) is 1. The predicted octanol–water partition coefficient (Wildman–Crippen LogP) is 2.91. The first-order valence-electron chi connectivity index (χ1n) is 7.03. The van der Waals surface area contributed by atoms with Crippen molar-refractivity contribution in [2.24, 2.45) is 0 Å². The molecule has 0 aliphatic heterocycles. The number of hydrogen-bond acceptors (Lipinski definition) is 4. The molecular weight excluding hydrogens is 283 g/mol. The van der Waals surface area contributed by atoms with Crippen molar-refractivity contribution < 1.29 is 17.9 Å². The van der Waals surface area contributed by atoms with Crippen molar-refractivity contribution in [1.29, 1.82) is 0 Å². The largest absolute Gasteiger partial charge is 0.432 e. The Kier molecular flexibility index (Phi) is 5.17. The number of halogens is 3. The smallest absolute Gasteiger partial charge is 0.387 e. The van der Waals surface area contributed by atoms with Crippen LogP contribution in [0.2, 0.25) is 0 Å². The number of alkyl halides is 2. The summed E-state index contributed by atoms with van der Waals surface area (Å²) in [5.74, 6) is -1.40. The van der Waals surface area contributed by atoms with Gasteiger partial charge in [0.15, 0.2) is 11.6 Å². The topological polar surface area (TPSA) is 50.5 Å². The van der Waals surface area contributed by atoms with Crippen LogP contribution in [0.15, 0.2) is 12.1 Å². The summed E-state index contributed by atoms with van der Waals surface area (Å²) in [5.41, 5.74) is 6.26. The van der Waals surface area contributed by atoms with E-state index < -0.39 is 18.2 Å². The summed E-state index contributed by atoms with van der Waals surface area (Å²) < 4.78 is 41.9. The van der Waals surface area contributed by atoms with Gasteiger partial charge in [-0.1, -0.05) is 6.92 Å². The van der Waals surface area contributed by atoms with Crippen molar-refractivity contribution in [3.63, 3.8) is 0 Å². The van der Waals surface area contributed by atoms with Gasteiger partial charge in [0, 0.05) is 31.3 Å². The van der Waals surface area contributed by atoms with Gasteiger partial charge in [-0.3, -0.25) is 4.90 Å². The predicted molar refractivity (Wildman–Crippen MR) is 76.2 cm³/mol. The molecule has 2 rings (SSSR count). The van der Waals surface area contributed by atoms with E-state index in [0.29, 0.717) is 18.3 Å². The van der Waals surface area contributed by atoms with E-state index in [9.17, 15) is 13.2 Å². The van der Waals surface area contributed by atoms with Gasteiger partial charge < -0.3 is 15.8 Å². The van der Waals surface area contributed by atoms with Crippen molar-refractivity contribution in [2.75, 3.05) is 30.7 Å². The van der Waals surface area contributed by atoms with Crippen molar-refractivity contribution in [3.05, 3.63) is 17.9 Å². The molecule has 1 aliphatic carbocycles. The highest BCUT2D eigenvalue weighted by molar-refractivity contribution is 5.68. The first kappa shape index (κ1) is 15.8. The third kappa shape index (κ3) is 4.42. The quantitative estimate of drug-likeness (QED) is 0.725. The fourth-order valence-electron chi connectivity index (χ4n) is 2.28. The summed E-state index contributed by atoms with van der Waals surface area (Å²) in [6.07, 6.45) is 2.44. The third-order valence-electron chi connectivity index (χ3n) is 3.50. The molecule has 1 fully saturated rings. The Balaban J connectivity index is 1.95. The lowest BCUT2D eigenvalue weighted by molar-refractivity contribution is -0.0521. The van der Waals surface area contributed by atoms with Crippen molar-refractivity contribution >= 4 is 11.4 Å². The summed E-state index contributed by atoms with van der Waals surface area (Å²) >= 11 is 0. The van der Waals surface area contributed by atoms with Crippen LogP contribution in [0.1, 0.15) is 19.8 Å². The van der Waals surface area contributed by atoms with Crippen LogP contribution in [0.3, 0.4) is 0 Å². The minimum absolute atomic E-state index is 0.170. The molecule has 21 heavy (non-hydrogen) atoms. The van der Waals surface area contributed by atoms with Crippen molar-refractivity contribution in [3.8, 4) is 5.75 Å². The molecule has 3 N–H and O–H groups in total. The molecular formula is C14H20F3N3O. The van der Waals surface area contributed by atoms with Gasteiger partial charge in [0.05, 0.1) is 11.4 Å². The van der Waals surface area contributed by atoms with Crippen molar-refractivity contribution in [2.45, 2.75) is 32.4 Å². The van der Waals surface area contributed by atoms with Gasteiger partial charge in [0.1, 0.15) is 0 Å². The number of ether oxygens (including phenoxy) is 1. The monoisotopic (exact) mass is 303 g/mol. The van der Waals surface area contributed by atoms with Gasteiger partial charge in [-0.05, 0) is 19.4 Å². The number of nitrogens with two attached hydrogens (primary N) is 1. The molecule has 1 aromatic rings. The zero-order valence-electron chi connectivity index (χ0n) is 11.9. The fourth-order valence-corrected chi connectivity index (χ4v) is 2.28. The number of likely N-dealkylation sites (N-methyl/N-ethyl adjacent to an activating group) is 1. The molecule has 118 valence electrons. The van der Waals surface area contributed by atoms with Crippen LogP contribution in [-0.2, 0) is 0 Å². The van der Waals surface area contributed by atoms with Crippen molar-refractivity contribution in [1.82, 2.24) is 4.90 Å². The second kappa shape index (κ2) is 6.89. The number of rotatable bonds is 8. The molecule has 0 aromatic heterocycles. The van der Waals surface area contributed by atoms with E-state index in [-0.39, 0.29) is 5.69 Å². The average Bonchev–Trinajstić information content (AvgIpc) is 3.23. The van der Waals surface area contributed by atoms with Crippen LogP contribution in [-0.4, -0.2) is 37.2 Å². The highest BCUT2D eigenvalue weighted by Gasteiger charge is 2.27. The van der Waals surface area contributed by atoms with Crippen LogP contribution in [0, 0.1) is 5.82 Å². The van der Waals surface area contributed by atoms with Gasteiger partial charge in [-0.25, -0.2) is 4.39 Å². The number of nitrogens with zero attached hydrogens (tertiary/aromatic N) is 1. The lowest BCUT2D eigenvalue weighted by atomic mass is 10.2. The second-order valence-corrected chi connectivity index (χ2v) is 5.03. The van der Waals surface area contributed by atoms with E-state index in [1.807, 2.05) is 0 Å². The number of hydrogen-bond donors (Lipinski definition) is 2. The van der Waals surface area contributed by atoms with Gasteiger partial charge in [-0.15, -0.1) is 0 Å². The normalized spacial score (nSPS) is 14.8. The fraction of sp³-hybridized carbons (Fsp3) is 0.571. The summed E-state index contributed by atoms with van der Waals surface area (Å²) in [7, 11) is 0. The molecule has 7 heteroatoms. The molecule has 0 saturated heterocycles. The first-order valence-corrected chi connectivity index (χ1v) is 7.03. The number of anilines is 2. The minimum Gasteiger partial charge on any atom is -0.432 e. The summed E-state index contributed by atoms with van der Waals surface area (Å²) in [4.78, 5) is 2.34. The zero-order valence-corrected chi connectivity index (χ0v) is 11.9. The van der Waals surface area contributed by atoms with Gasteiger partial charge in [0.2, 0.25) is 0 Å². The summed E-state index contributed by atoms with van der Waals surface area (Å²) in [6, 6.07) is 2.81. The Morgan fingerprint density at radius 1 is 1.43 bits per heavy atom. The second-order valence-electron chi connectivity index (χ2n) is 5.03. The van der Waals surface area contributed by atoms with Gasteiger partial charge in [-0.2, -0.15) is 8.78 Å². The molecule has 1 aliphatic rings. The van der Waals surface area contributed by atoms with Gasteiger partial charge in [0.25, 0.3) is 0 Å². The highest BCUT2D eigenvalue weighted by atomic mass is 19.3. The van der Waals surface area contributed by atoms with E-state index >= 15 is 0 Å². The molecule has 0 radical (unpaired) electrons. The molecule has 1 aromatic carbocycles. The maximum Gasteiger partial charge on any atom is 0.387 e. The van der Waals surface area contributed by atoms with Gasteiger partial charge >= 0.3 is 6.61 Å². The van der Waals surface area contributed by atoms with E-state index in [0.717, 1.165) is 19.2 Å². The Labute approximate surface area is 122 Å². The van der Waals surface area contributed by atoms with E-state index in [1.165, 1.54) is 18.9 Å². The Bertz CT molecular complexity index is 481. The maximum atomic E-state index is 13.4. The number of benzene rings is 1. The average molecular weight is 303 g/mol. The molecule has 0 spiro atoms. The standard InChI is InChI=1S/C14H20F3N3O/c1-2-20(9-3-4-9)6-5-19-12-8-13(21-14(16)17)10(15)7-11(12)18/h7-9,14,19H,2-6,18H2,1H3. The first-order chi connectivity index (χ1) is 10.0. The molecule has 0 amide bonds. The van der Waals surface area contributed by atoms with Crippen LogP contribution in [0.4, 0.5) is 24.5 Å². The molecule has 0 heterocycles. The third-order valence-corrected chi connectivity index (χ3v) is 3.50. The Hall–Kier alpha value is -1.63. The van der Waals surface area contributed by atoms with Crippen LogP contribution in [0.25, 0.3) is 0 Å². The van der Waals surface area contributed by atoms with Crippen LogP contribution >= 0.6 is 0 Å². The molecule has 4 nitrogen and oxygen atoms in total. The Morgan fingerprint density at radius 2 is 2.14 bits per heavy atom. The van der Waals surface area contributed by atoms with E-state index in [4.69, 9.17) is 5.73 Å². The number of nitrogen functional groups attached to an aromatic ring is 1. The zero-order chi connectivity index (χ0) is 15.4. The lowest BCUT2D eigenvalue weighted by Crippen LogP contribution is -2.31. The maximum absolute atomic E-state index is 13.4. The molecule has 0 unspecified atom stereocenters. The lowest BCUT2D eigenvalue weighted by Gasteiger charge is -2.20. The van der Waals surface area contributed by atoms with Crippen LogP contribution in [0.5, 0.6) is 5.75 Å².